The minimum absolute atomic E-state index is 0.0136. The van der Waals surface area contributed by atoms with Gasteiger partial charge in [-0.25, -0.2) is 9.59 Å². The van der Waals surface area contributed by atoms with Gasteiger partial charge in [0.25, 0.3) is 0 Å². The average Bonchev–Trinajstić information content (AvgIpc) is 3.84. The fraction of sp³-hybridized carbons (Fsp3) is 0.759. The maximum absolute atomic E-state index is 14.8. The summed E-state index contributed by atoms with van der Waals surface area (Å²) in [5.41, 5.74) is -2.58. The van der Waals surface area contributed by atoms with E-state index in [1.807, 2.05) is 83.3 Å². The van der Waals surface area contributed by atoms with Crippen LogP contribution in [0.15, 0.2) is 29.2 Å². The van der Waals surface area contributed by atoms with E-state index in [4.69, 9.17) is 47.4 Å². The molecule has 21 nitrogen and oxygen atoms in total. The van der Waals surface area contributed by atoms with Gasteiger partial charge in [0.1, 0.15) is 29.2 Å². The number of benzene rings is 1. The number of rotatable bonds is 18. The van der Waals surface area contributed by atoms with Crippen molar-refractivity contribution in [2.45, 2.75) is 212 Å². The van der Waals surface area contributed by atoms with E-state index in [-0.39, 0.29) is 54.6 Å². The second kappa shape index (κ2) is 26.6. The van der Waals surface area contributed by atoms with E-state index < -0.39 is 120 Å². The number of fused-ring (bicyclic) bond motifs is 2. The smallest absolute Gasteiger partial charge is 0.408 e. The monoisotopic (exact) mass is 1110 g/mol. The van der Waals surface area contributed by atoms with E-state index >= 15 is 0 Å². The largest absolute Gasteiger partial charge is 0.465 e. The van der Waals surface area contributed by atoms with Crippen LogP contribution in [-0.4, -0.2) is 177 Å². The fourth-order valence-corrected chi connectivity index (χ4v) is 12.6. The number of aliphatic hydroxyl groups excluding tert-OH is 1. The number of hydrogen-bond donors (Lipinski definition) is 3. The molecule has 2 aromatic rings. The van der Waals surface area contributed by atoms with E-state index in [9.17, 15) is 33.9 Å². The lowest BCUT2D eigenvalue weighted by Crippen LogP contribution is -2.62. The molecule has 0 radical (unpaired) electrons. The Bertz CT molecular complexity index is 2530. The number of nitrogens with one attached hydrogen (secondary N) is 2. The normalized spacial score (nSPS) is 36.7. The topological polar surface area (TPSA) is 247 Å². The van der Waals surface area contributed by atoms with Crippen molar-refractivity contribution in [1.29, 1.82) is 0 Å². The molecule has 79 heavy (non-hydrogen) atoms. The van der Waals surface area contributed by atoms with Gasteiger partial charge in [-0.1, -0.05) is 33.8 Å². The van der Waals surface area contributed by atoms with Gasteiger partial charge >= 0.3 is 24.0 Å². The molecule has 6 rings (SSSR count). The van der Waals surface area contributed by atoms with Crippen molar-refractivity contribution in [1.82, 2.24) is 20.1 Å². The number of carbonyl (C=O) groups is 5. The highest BCUT2D eigenvalue weighted by atomic mass is 16.7. The highest BCUT2D eigenvalue weighted by molar-refractivity contribution is 5.94. The first kappa shape index (κ1) is 63.6. The number of Topliss-reactive ketones (excluding diaryl/α,β-unsaturated/α-hetero) is 1. The van der Waals surface area contributed by atoms with E-state index in [1.54, 1.807) is 34.6 Å². The van der Waals surface area contributed by atoms with Crippen LogP contribution in [0.3, 0.4) is 0 Å². The van der Waals surface area contributed by atoms with Crippen molar-refractivity contribution in [3.63, 3.8) is 0 Å². The Balaban J connectivity index is 1.20. The average molecular weight is 1120 g/mol. The molecular formula is C58H90N4O17. The summed E-state index contributed by atoms with van der Waals surface area (Å²) in [6, 6.07) is 4.50. The number of nitrogens with zero attached hydrogens (tertiary/aromatic N) is 2. The summed E-state index contributed by atoms with van der Waals surface area (Å²) in [5.74, 6) is -5.26. The van der Waals surface area contributed by atoms with Gasteiger partial charge in [-0.05, 0) is 119 Å². The zero-order valence-corrected chi connectivity index (χ0v) is 49.4. The lowest BCUT2D eigenvalue weighted by atomic mass is 9.73. The highest BCUT2D eigenvalue weighted by Gasteiger charge is 2.58. The number of ether oxygens (including phenoxy) is 10. The number of methoxy groups -OCH3 is 3. The van der Waals surface area contributed by atoms with Crippen LogP contribution in [0.5, 0.6) is 0 Å². The van der Waals surface area contributed by atoms with Crippen molar-refractivity contribution in [2.75, 3.05) is 48.5 Å². The van der Waals surface area contributed by atoms with Crippen molar-refractivity contribution < 1.29 is 76.4 Å². The summed E-state index contributed by atoms with van der Waals surface area (Å²) in [6.07, 6.45) is -5.12. The number of cyclic esters (lactones) is 1. The molecule has 5 heterocycles. The molecule has 0 aliphatic carbocycles. The van der Waals surface area contributed by atoms with Crippen molar-refractivity contribution in [3.8, 4) is 0 Å². The van der Waals surface area contributed by atoms with E-state index in [0.717, 1.165) is 11.1 Å². The van der Waals surface area contributed by atoms with Crippen LogP contribution >= 0.6 is 0 Å². The molecule has 0 saturated carbocycles. The van der Waals surface area contributed by atoms with Crippen LogP contribution in [0.4, 0.5) is 4.79 Å². The molecule has 18 atom stereocenters. The zero-order chi connectivity index (χ0) is 58.5. The molecule has 1 aromatic heterocycles. The predicted octanol–water partition coefficient (Wildman–Crippen LogP) is 5.48. The van der Waals surface area contributed by atoms with Gasteiger partial charge < -0.3 is 72.6 Å². The Morgan fingerprint density at radius 1 is 0.899 bits per heavy atom. The number of alkyl carbamates (subject to hydrolysis) is 1. The molecule has 4 saturated heterocycles. The third kappa shape index (κ3) is 13.9. The summed E-state index contributed by atoms with van der Waals surface area (Å²) in [4.78, 5) is 83.5. The number of likely N-dealkylation sites (N-methyl/N-ethyl adjacent to an activating group) is 1. The first-order chi connectivity index (χ1) is 37.2. The minimum Gasteiger partial charge on any atom is -0.465 e. The molecular weight excluding hydrogens is 1020 g/mol. The van der Waals surface area contributed by atoms with E-state index in [0.29, 0.717) is 44.3 Å². The van der Waals surface area contributed by atoms with Gasteiger partial charge in [0.2, 0.25) is 5.43 Å². The van der Waals surface area contributed by atoms with Crippen molar-refractivity contribution in [2.24, 2.45) is 23.7 Å². The standard InChI is InChI=1S/C58H90N4O17/c1-17-42-58(11)49(60-55(69)79-58)33(5)45(64)31(3)28-56(9,71-15)50(78-54-47(66)41(61(12)13)26-32(4)73-54)34(6)48(35(7)52(67)75-42)77-44-29-57(10,72-16)51(36(8)74-44)76-43(63)23-25-59-24-19-20-37-21-22-40-38(27-37)46(65)39(53(68)70-14)30-62(40)18-2/h21-22,27,30-36,41-42,44,47-51,54,59,66H,17-20,23-26,28-29H2,1-16H3,(H,60,69)/t31-,32+,33+,34+,35+,36-,41-,42-,44+,47-,48+,49+,50-,51+,54-,56+,57-,58-/m0/s1. The number of carbonyl (C=O) groups excluding carboxylic acids is 5. The quantitative estimate of drug-likeness (QED) is 0.0950. The van der Waals surface area contributed by atoms with Crippen LogP contribution < -0.4 is 16.1 Å². The Kier molecular flexibility index (Phi) is 21.4. The number of esters is 3. The maximum atomic E-state index is 14.8. The number of hydrogen-bond acceptors (Lipinski definition) is 19. The minimum atomic E-state index is -1.42. The molecule has 21 heteroatoms. The Morgan fingerprint density at radius 3 is 2.22 bits per heavy atom. The first-order valence-electron chi connectivity index (χ1n) is 28.2. The van der Waals surface area contributed by atoms with Crippen LogP contribution in [0, 0.1) is 23.7 Å². The van der Waals surface area contributed by atoms with Gasteiger partial charge in [0.15, 0.2) is 24.3 Å². The molecule has 0 unspecified atom stereocenters. The second-order valence-electron chi connectivity index (χ2n) is 23.2. The third-order valence-electron chi connectivity index (χ3n) is 17.3. The van der Waals surface area contributed by atoms with Gasteiger partial charge in [-0.2, -0.15) is 0 Å². The zero-order valence-electron chi connectivity index (χ0n) is 49.4. The number of pyridine rings is 1. The lowest BCUT2D eigenvalue weighted by molar-refractivity contribution is -0.320. The van der Waals surface area contributed by atoms with Crippen molar-refractivity contribution >= 4 is 40.7 Å². The number of amides is 1. The summed E-state index contributed by atoms with van der Waals surface area (Å²) in [7, 11) is 8.05. The Hall–Kier alpha value is -4.58. The highest BCUT2D eigenvalue weighted by Crippen LogP contribution is 2.43. The van der Waals surface area contributed by atoms with Crippen LogP contribution in [0.2, 0.25) is 0 Å². The number of aliphatic hydroxyl groups is 1. The van der Waals surface area contributed by atoms with Crippen molar-refractivity contribution in [3.05, 3.63) is 45.7 Å². The van der Waals surface area contributed by atoms with E-state index in [2.05, 4.69) is 10.6 Å². The van der Waals surface area contributed by atoms with Gasteiger partial charge in [-0.3, -0.25) is 19.2 Å². The Labute approximate surface area is 465 Å². The first-order valence-corrected chi connectivity index (χ1v) is 28.2. The second-order valence-corrected chi connectivity index (χ2v) is 23.2. The molecule has 4 aliphatic heterocycles. The van der Waals surface area contributed by atoms with Crippen LogP contribution in [-0.2, 0) is 74.7 Å². The molecule has 0 spiro atoms. The van der Waals surface area contributed by atoms with Gasteiger partial charge in [0.05, 0.1) is 61.0 Å². The maximum Gasteiger partial charge on any atom is 0.408 e. The summed E-state index contributed by atoms with van der Waals surface area (Å²) in [6.45, 7) is 21.3. The van der Waals surface area contributed by atoms with Crippen LogP contribution in [0.1, 0.15) is 131 Å². The number of aryl methyl sites for hydroxylation is 2. The molecule has 1 amide bonds. The number of ketones is 1. The molecule has 4 fully saturated rings. The van der Waals surface area contributed by atoms with Crippen LogP contribution in [0.25, 0.3) is 10.9 Å². The number of aromatic nitrogens is 1. The third-order valence-corrected chi connectivity index (χ3v) is 17.3. The molecule has 4 aliphatic rings. The fourth-order valence-electron chi connectivity index (χ4n) is 12.6. The molecule has 3 N–H and O–H groups in total. The molecule has 1 aromatic carbocycles. The Morgan fingerprint density at radius 2 is 1.58 bits per heavy atom. The van der Waals surface area contributed by atoms with Gasteiger partial charge in [0, 0.05) is 69.1 Å². The summed E-state index contributed by atoms with van der Waals surface area (Å²) in [5, 5.41) is 18.5. The van der Waals surface area contributed by atoms with Gasteiger partial charge in [-0.15, -0.1) is 0 Å². The molecule has 0 bridgehead atoms. The SMILES string of the molecule is CC[C@@H]1OC(=O)[C@H](C)[C@H](O[C@@H]2C[C@](C)(OC)[C@H](OC(=O)CCNCCCc3ccc4c(c3)c(=O)c(C(=O)OC)cn4CC)[C@H](C)O2)[C@@H](C)[C@H](O[C@@H]2O[C@H](C)C[C@H](N(C)C)[C@@H]2O)[C@](C)(OC)C[C@H](C)C(=O)[C@@H](C)[C@H]2NC(=O)O[C@@]12C. The summed E-state index contributed by atoms with van der Waals surface area (Å²) < 4.78 is 64.6. The lowest BCUT2D eigenvalue weighted by Gasteiger charge is -2.50. The predicted molar refractivity (Wildman–Crippen MR) is 291 cm³/mol. The summed E-state index contributed by atoms with van der Waals surface area (Å²) >= 11 is 0. The molecule has 444 valence electrons. The van der Waals surface area contributed by atoms with E-state index in [1.165, 1.54) is 27.5 Å².